The summed E-state index contributed by atoms with van der Waals surface area (Å²) in [5.74, 6) is 0.189. The molecule has 1 N–H and O–H groups in total. The maximum absolute atomic E-state index is 11.6. The Labute approximate surface area is 102 Å². The van der Waals surface area contributed by atoms with E-state index in [0.717, 1.165) is 25.9 Å². The molecule has 4 nitrogen and oxygen atoms in total. The summed E-state index contributed by atoms with van der Waals surface area (Å²) in [5, 5.41) is 0. The summed E-state index contributed by atoms with van der Waals surface area (Å²) in [6.45, 7) is 2.15. The van der Waals surface area contributed by atoms with Gasteiger partial charge in [0.2, 0.25) is 10.0 Å². The lowest BCUT2D eigenvalue weighted by Crippen LogP contribution is -2.47. The molecule has 0 aromatic rings. The Morgan fingerprint density at radius 2 is 2.06 bits per heavy atom. The molecule has 2 heterocycles. The number of nitrogens with zero attached hydrogens (tertiary/aromatic N) is 1. The molecular weight excluding hydrogens is 248 g/mol. The fraction of sp³-hybridized carbons (Fsp3) is 1.00. The van der Waals surface area contributed by atoms with Crippen molar-refractivity contribution in [2.24, 2.45) is 0 Å². The van der Waals surface area contributed by atoms with E-state index < -0.39 is 10.0 Å². The summed E-state index contributed by atoms with van der Waals surface area (Å²) >= 11 is 5.48. The summed E-state index contributed by atoms with van der Waals surface area (Å²) in [6.07, 6.45) is 4.52. The molecule has 2 unspecified atom stereocenters. The zero-order valence-electron chi connectivity index (χ0n) is 9.36. The van der Waals surface area contributed by atoms with Crippen molar-refractivity contribution in [3.05, 3.63) is 0 Å². The fourth-order valence-corrected chi connectivity index (χ4v) is 4.44. The summed E-state index contributed by atoms with van der Waals surface area (Å²) in [4.78, 5) is 2.41. The number of sulfonamides is 1. The molecule has 2 saturated heterocycles. The molecular formula is C10H19ClN2O2S. The van der Waals surface area contributed by atoms with Gasteiger partial charge in [0.1, 0.15) is 0 Å². The molecule has 2 fully saturated rings. The predicted octanol–water partition coefficient (Wildman–Crippen LogP) is 0.771. The van der Waals surface area contributed by atoms with Crippen molar-refractivity contribution in [2.45, 2.75) is 37.8 Å². The highest BCUT2D eigenvalue weighted by Gasteiger charge is 2.37. The molecule has 0 bridgehead atoms. The van der Waals surface area contributed by atoms with Crippen molar-refractivity contribution >= 4 is 21.6 Å². The summed E-state index contributed by atoms with van der Waals surface area (Å²) in [7, 11) is -3.17. The highest BCUT2D eigenvalue weighted by atomic mass is 35.5. The van der Waals surface area contributed by atoms with Gasteiger partial charge in [0.25, 0.3) is 0 Å². The number of fused-ring (bicyclic) bond motifs is 1. The fourth-order valence-electron chi connectivity index (χ4n) is 2.78. The minimum Gasteiger partial charge on any atom is -0.299 e. The van der Waals surface area contributed by atoms with E-state index in [1.807, 2.05) is 0 Å². The van der Waals surface area contributed by atoms with Gasteiger partial charge in [-0.05, 0) is 25.8 Å². The van der Waals surface area contributed by atoms with Gasteiger partial charge in [-0.15, -0.1) is 11.6 Å². The van der Waals surface area contributed by atoms with Crippen molar-refractivity contribution in [3.63, 3.8) is 0 Å². The van der Waals surface area contributed by atoms with Crippen molar-refractivity contribution < 1.29 is 8.42 Å². The maximum Gasteiger partial charge on any atom is 0.213 e. The standard InChI is InChI=1S/C10H19ClN2O2S/c11-5-8-16(14,15)12-9-4-7-13-6-2-1-3-10(9)13/h9-10,12H,1-8H2. The van der Waals surface area contributed by atoms with Crippen LogP contribution in [-0.4, -0.2) is 50.1 Å². The van der Waals surface area contributed by atoms with E-state index in [0.29, 0.717) is 6.04 Å². The lowest BCUT2D eigenvalue weighted by atomic mass is 10.00. The second kappa shape index (κ2) is 5.21. The third-order valence-corrected chi connectivity index (χ3v) is 5.35. The smallest absolute Gasteiger partial charge is 0.213 e. The van der Waals surface area contributed by atoms with Crippen molar-refractivity contribution in [1.82, 2.24) is 9.62 Å². The van der Waals surface area contributed by atoms with Crippen molar-refractivity contribution in [1.29, 1.82) is 0 Å². The number of piperidine rings is 1. The van der Waals surface area contributed by atoms with E-state index in [1.54, 1.807) is 0 Å². The quantitative estimate of drug-likeness (QED) is 0.765. The van der Waals surface area contributed by atoms with Gasteiger partial charge in [-0.3, -0.25) is 4.90 Å². The molecule has 0 saturated carbocycles. The van der Waals surface area contributed by atoms with Crippen LogP contribution in [0.15, 0.2) is 0 Å². The van der Waals surface area contributed by atoms with Crippen LogP contribution in [0, 0.1) is 0 Å². The Kier molecular flexibility index (Phi) is 4.11. The van der Waals surface area contributed by atoms with Gasteiger partial charge in [0, 0.05) is 24.5 Å². The van der Waals surface area contributed by atoms with Gasteiger partial charge < -0.3 is 0 Å². The third kappa shape index (κ3) is 2.88. The minimum atomic E-state index is -3.17. The molecule has 0 amide bonds. The van der Waals surface area contributed by atoms with Crippen LogP contribution in [0.2, 0.25) is 0 Å². The molecule has 2 aliphatic rings. The minimum absolute atomic E-state index is 0.0256. The van der Waals surface area contributed by atoms with Crippen LogP contribution in [0.5, 0.6) is 0 Å². The molecule has 0 spiro atoms. The Morgan fingerprint density at radius 3 is 2.81 bits per heavy atom. The van der Waals surface area contributed by atoms with Crippen LogP contribution in [0.3, 0.4) is 0 Å². The molecule has 2 aliphatic heterocycles. The normalized spacial score (nSPS) is 31.6. The zero-order chi connectivity index (χ0) is 11.6. The zero-order valence-corrected chi connectivity index (χ0v) is 10.9. The third-order valence-electron chi connectivity index (χ3n) is 3.53. The van der Waals surface area contributed by atoms with Crippen molar-refractivity contribution in [3.8, 4) is 0 Å². The molecule has 94 valence electrons. The monoisotopic (exact) mass is 266 g/mol. The Hall–Kier alpha value is 0.160. The molecule has 0 aromatic carbocycles. The highest BCUT2D eigenvalue weighted by molar-refractivity contribution is 7.89. The summed E-state index contributed by atoms with van der Waals surface area (Å²) < 4.78 is 26.1. The first kappa shape index (κ1) is 12.6. The highest BCUT2D eigenvalue weighted by Crippen LogP contribution is 2.27. The lowest BCUT2D eigenvalue weighted by Gasteiger charge is -2.32. The van der Waals surface area contributed by atoms with Crippen LogP contribution >= 0.6 is 11.6 Å². The van der Waals surface area contributed by atoms with E-state index >= 15 is 0 Å². The molecule has 2 atom stereocenters. The molecule has 0 radical (unpaired) electrons. The van der Waals surface area contributed by atoms with Gasteiger partial charge in [0.15, 0.2) is 0 Å². The van der Waals surface area contributed by atoms with E-state index in [2.05, 4.69) is 9.62 Å². The van der Waals surface area contributed by atoms with Crippen LogP contribution < -0.4 is 4.72 Å². The topological polar surface area (TPSA) is 49.4 Å². The Bertz CT molecular complexity index is 334. The second-order valence-corrected chi connectivity index (χ2v) is 6.87. The molecule has 16 heavy (non-hydrogen) atoms. The average Bonchev–Trinajstić information content (AvgIpc) is 2.61. The predicted molar refractivity (Wildman–Crippen MR) is 65.3 cm³/mol. The van der Waals surface area contributed by atoms with Gasteiger partial charge >= 0.3 is 0 Å². The van der Waals surface area contributed by atoms with Gasteiger partial charge in [-0.2, -0.15) is 0 Å². The number of alkyl halides is 1. The summed E-state index contributed by atoms with van der Waals surface area (Å²) in [6, 6.07) is 0.521. The molecule has 0 aromatic heterocycles. The van der Waals surface area contributed by atoms with E-state index in [9.17, 15) is 8.42 Å². The van der Waals surface area contributed by atoms with Crippen LogP contribution in [0.25, 0.3) is 0 Å². The SMILES string of the molecule is O=S(=O)(CCCl)NC1CCN2CCCCC12. The van der Waals surface area contributed by atoms with E-state index in [4.69, 9.17) is 11.6 Å². The Balaban J connectivity index is 1.95. The number of hydrogen-bond donors (Lipinski definition) is 1. The maximum atomic E-state index is 11.6. The van der Waals surface area contributed by atoms with Gasteiger partial charge in [-0.1, -0.05) is 6.42 Å². The number of halogens is 1. The first-order valence-corrected chi connectivity index (χ1v) is 8.11. The van der Waals surface area contributed by atoms with E-state index in [1.165, 1.54) is 12.8 Å². The number of nitrogens with one attached hydrogen (secondary N) is 1. The lowest BCUT2D eigenvalue weighted by molar-refractivity contribution is 0.186. The van der Waals surface area contributed by atoms with Gasteiger partial charge in [0.05, 0.1) is 5.75 Å². The van der Waals surface area contributed by atoms with Crippen LogP contribution in [0.4, 0.5) is 0 Å². The molecule has 2 rings (SSSR count). The first-order valence-electron chi connectivity index (χ1n) is 5.92. The van der Waals surface area contributed by atoms with Crippen LogP contribution in [0.1, 0.15) is 25.7 Å². The average molecular weight is 267 g/mol. The van der Waals surface area contributed by atoms with Crippen LogP contribution in [-0.2, 0) is 10.0 Å². The molecule has 0 aliphatic carbocycles. The van der Waals surface area contributed by atoms with Gasteiger partial charge in [-0.25, -0.2) is 13.1 Å². The first-order chi connectivity index (χ1) is 7.62. The summed E-state index contributed by atoms with van der Waals surface area (Å²) in [5.41, 5.74) is 0. The largest absolute Gasteiger partial charge is 0.299 e. The number of hydrogen-bond acceptors (Lipinski definition) is 3. The van der Waals surface area contributed by atoms with E-state index in [-0.39, 0.29) is 17.7 Å². The number of rotatable bonds is 4. The molecule has 6 heteroatoms. The Morgan fingerprint density at radius 1 is 1.25 bits per heavy atom. The second-order valence-electron chi connectivity index (χ2n) is 4.62. The van der Waals surface area contributed by atoms with Crippen molar-refractivity contribution in [2.75, 3.05) is 24.7 Å².